The summed E-state index contributed by atoms with van der Waals surface area (Å²) in [6.07, 6.45) is 2.16. The third-order valence-corrected chi connectivity index (χ3v) is 1.91. The van der Waals surface area contributed by atoms with E-state index in [0.717, 1.165) is 12.4 Å². The molecule has 0 atom stereocenters. The molecule has 5 N–H and O–H groups in total. The molecule has 0 fully saturated rings. The maximum atomic E-state index is 11.5. The van der Waals surface area contributed by atoms with Crippen molar-refractivity contribution in [1.82, 2.24) is 15.3 Å². The summed E-state index contributed by atoms with van der Waals surface area (Å²) in [4.78, 5) is 29.5. The van der Waals surface area contributed by atoms with Gasteiger partial charge in [-0.15, -0.1) is 0 Å². The molecule has 17 heavy (non-hydrogen) atoms. The second-order valence-electron chi connectivity index (χ2n) is 3.19. The quantitative estimate of drug-likeness (QED) is 0.455. The second kappa shape index (κ2) is 5.87. The van der Waals surface area contributed by atoms with Gasteiger partial charge in [0, 0.05) is 0 Å². The van der Waals surface area contributed by atoms with Gasteiger partial charge in [-0.05, 0) is 0 Å². The minimum Gasteiger partial charge on any atom is -0.394 e. The molecule has 0 aromatic carbocycles. The molecule has 0 saturated carbocycles. The molecule has 0 aliphatic rings. The molecule has 1 aromatic rings. The van der Waals surface area contributed by atoms with Crippen LogP contribution in [0.4, 0.5) is 0 Å². The molecule has 0 radical (unpaired) electrons. The molecule has 1 heterocycles. The molecule has 2 amide bonds. The van der Waals surface area contributed by atoms with Crippen LogP contribution in [0.25, 0.3) is 0 Å². The molecular formula is C9H12N4O4. The Morgan fingerprint density at radius 3 is 2.18 bits per heavy atom. The molecule has 8 nitrogen and oxygen atoms in total. The largest absolute Gasteiger partial charge is 0.394 e. The van der Waals surface area contributed by atoms with Crippen molar-refractivity contribution in [2.45, 2.75) is 6.04 Å². The second-order valence-corrected chi connectivity index (χ2v) is 3.19. The Labute approximate surface area is 96.5 Å². The van der Waals surface area contributed by atoms with E-state index in [2.05, 4.69) is 15.3 Å². The third-order valence-electron chi connectivity index (χ3n) is 1.91. The fourth-order valence-electron chi connectivity index (χ4n) is 0.981. The van der Waals surface area contributed by atoms with E-state index in [4.69, 9.17) is 15.9 Å². The zero-order valence-corrected chi connectivity index (χ0v) is 8.83. The molecule has 92 valence electrons. The van der Waals surface area contributed by atoms with Gasteiger partial charge in [-0.1, -0.05) is 0 Å². The normalized spacial score (nSPS) is 10.3. The molecule has 0 spiro atoms. The van der Waals surface area contributed by atoms with Crippen LogP contribution in [0.15, 0.2) is 12.4 Å². The number of aliphatic hydroxyl groups excluding tert-OH is 2. The van der Waals surface area contributed by atoms with E-state index >= 15 is 0 Å². The average Bonchev–Trinajstić information content (AvgIpc) is 2.35. The van der Waals surface area contributed by atoms with E-state index in [1.165, 1.54) is 0 Å². The predicted molar refractivity (Wildman–Crippen MR) is 56.0 cm³/mol. The standard InChI is InChI=1S/C9H12N4O4/c10-8(16)6-1-12-7(2-11-6)9(17)13-5(3-14)4-15/h1-2,5,14-15H,3-4H2,(H2,10,16)(H,13,17). The Bertz CT molecular complexity index is 402. The minimum atomic E-state index is -0.764. The van der Waals surface area contributed by atoms with Crippen LogP contribution in [-0.4, -0.2) is 51.3 Å². The summed E-state index contributed by atoms with van der Waals surface area (Å²) in [5.74, 6) is -1.35. The van der Waals surface area contributed by atoms with Crippen molar-refractivity contribution >= 4 is 11.8 Å². The van der Waals surface area contributed by atoms with Gasteiger partial charge in [0.05, 0.1) is 31.6 Å². The Morgan fingerprint density at radius 1 is 1.24 bits per heavy atom. The number of nitrogens with two attached hydrogens (primary N) is 1. The molecule has 1 rings (SSSR count). The van der Waals surface area contributed by atoms with Crippen LogP contribution in [0.5, 0.6) is 0 Å². The van der Waals surface area contributed by atoms with Crippen molar-refractivity contribution in [2.24, 2.45) is 5.73 Å². The summed E-state index contributed by atoms with van der Waals surface area (Å²) in [6.45, 7) is -0.788. The van der Waals surface area contributed by atoms with Gasteiger partial charge in [0.25, 0.3) is 11.8 Å². The highest BCUT2D eigenvalue weighted by Gasteiger charge is 2.14. The summed E-state index contributed by atoms with van der Waals surface area (Å²) in [5.41, 5.74) is 4.86. The lowest BCUT2D eigenvalue weighted by atomic mass is 10.3. The number of aromatic nitrogens is 2. The van der Waals surface area contributed by atoms with Gasteiger partial charge in [0.2, 0.25) is 0 Å². The van der Waals surface area contributed by atoms with Crippen LogP contribution in [0.2, 0.25) is 0 Å². The number of primary amides is 1. The van der Waals surface area contributed by atoms with Gasteiger partial charge in [0.1, 0.15) is 11.4 Å². The molecule has 0 unspecified atom stereocenters. The first-order chi connectivity index (χ1) is 8.08. The van der Waals surface area contributed by atoms with Gasteiger partial charge in [0.15, 0.2) is 0 Å². The van der Waals surface area contributed by atoms with Crippen molar-refractivity contribution < 1.29 is 19.8 Å². The number of carbonyl (C=O) groups excluding carboxylic acids is 2. The van der Waals surface area contributed by atoms with Crippen LogP contribution in [0, 0.1) is 0 Å². The summed E-state index contributed by atoms with van der Waals surface area (Å²) < 4.78 is 0. The number of amides is 2. The highest BCUT2D eigenvalue weighted by Crippen LogP contribution is 1.96. The molecule has 0 aliphatic heterocycles. The number of aliphatic hydroxyl groups is 2. The number of rotatable bonds is 5. The fourth-order valence-corrected chi connectivity index (χ4v) is 0.981. The minimum absolute atomic E-state index is 0.0399. The van der Waals surface area contributed by atoms with E-state index < -0.39 is 31.1 Å². The van der Waals surface area contributed by atoms with E-state index in [-0.39, 0.29) is 11.4 Å². The van der Waals surface area contributed by atoms with E-state index in [0.29, 0.717) is 0 Å². The maximum absolute atomic E-state index is 11.5. The lowest BCUT2D eigenvalue weighted by molar-refractivity contribution is 0.0872. The maximum Gasteiger partial charge on any atom is 0.271 e. The summed E-state index contributed by atoms with van der Waals surface area (Å²) >= 11 is 0. The monoisotopic (exact) mass is 240 g/mol. The van der Waals surface area contributed by atoms with Crippen LogP contribution >= 0.6 is 0 Å². The zero-order valence-electron chi connectivity index (χ0n) is 8.83. The lowest BCUT2D eigenvalue weighted by Crippen LogP contribution is -2.40. The summed E-state index contributed by atoms with van der Waals surface area (Å²) in [6, 6.07) is -0.764. The third kappa shape index (κ3) is 3.47. The Morgan fingerprint density at radius 2 is 1.76 bits per heavy atom. The number of hydrogen-bond acceptors (Lipinski definition) is 6. The van der Waals surface area contributed by atoms with Crippen LogP contribution in [-0.2, 0) is 0 Å². The first kappa shape index (κ1) is 13.0. The van der Waals surface area contributed by atoms with Crippen molar-refractivity contribution in [3.63, 3.8) is 0 Å². The molecule has 1 aromatic heterocycles. The fraction of sp³-hybridized carbons (Fsp3) is 0.333. The van der Waals surface area contributed by atoms with Gasteiger partial charge < -0.3 is 21.3 Å². The highest BCUT2D eigenvalue weighted by molar-refractivity contribution is 5.93. The summed E-state index contributed by atoms with van der Waals surface area (Å²) in [5, 5.41) is 19.9. The van der Waals surface area contributed by atoms with Gasteiger partial charge in [-0.2, -0.15) is 0 Å². The topological polar surface area (TPSA) is 138 Å². The van der Waals surface area contributed by atoms with E-state index in [9.17, 15) is 9.59 Å². The van der Waals surface area contributed by atoms with Gasteiger partial charge >= 0.3 is 0 Å². The Balaban J connectivity index is 2.73. The predicted octanol–water partition coefficient (Wildman–Crippen LogP) is -2.34. The van der Waals surface area contributed by atoms with Gasteiger partial charge in [-0.25, -0.2) is 9.97 Å². The van der Waals surface area contributed by atoms with Crippen molar-refractivity contribution in [3.8, 4) is 0 Å². The zero-order chi connectivity index (χ0) is 12.8. The van der Waals surface area contributed by atoms with Crippen molar-refractivity contribution in [1.29, 1.82) is 0 Å². The van der Waals surface area contributed by atoms with Crippen LogP contribution in [0.3, 0.4) is 0 Å². The van der Waals surface area contributed by atoms with E-state index in [1.54, 1.807) is 0 Å². The number of nitrogens with one attached hydrogen (secondary N) is 1. The van der Waals surface area contributed by atoms with E-state index in [1.807, 2.05) is 0 Å². The smallest absolute Gasteiger partial charge is 0.271 e. The molecular weight excluding hydrogens is 228 g/mol. The van der Waals surface area contributed by atoms with Crippen LogP contribution < -0.4 is 11.1 Å². The van der Waals surface area contributed by atoms with Crippen LogP contribution in [0.1, 0.15) is 21.0 Å². The van der Waals surface area contributed by atoms with Crippen molar-refractivity contribution in [2.75, 3.05) is 13.2 Å². The Hall–Kier alpha value is -2.06. The number of hydrogen-bond donors (Lipinski definition) is 4. The molecule has 0 bridgehead atoms. The molecule has 8 heteroatoms. The average molecular weight is 240 g/mol. The molecule has 0 saturated heterocycles. The SMILES string of the molecule is NC(=O)c1cnc(C(=O)NC(CO)CO)cn1. The highest BCUT2D eigenvalue weighted by atomic mass is 16.3. The first-order valence-electron chi connectivity index (χ1n) is 4.73. The van der Waals surface area contributed by atoms with Gasteiger partial charge in [-0.3, -0.25) is 9.59 Å². The summed E-state index contributed by atoms with van der Waals surface area (Å²) in [7, 11) is 0. The first-order valence-corrected chi connectivity index (χ1v) is 4.73. The number of nitrogens with zero attached hydrogens (tertiary/aromatic N) is 2. The number of carbonyl (C=O) groups is 2. The Kier molecular flexibility index (Phi) is 4.49. The lowest BCUT2D eigenvalue weighted by Gasteiger charge is -2.12. The van der Waals surface area contributed by atoms with Crippen molar-refractivity contribution in [3.05, 3.63) is 23.8 Å². The molecule has 0 aliphatic carbocycles.